The maximum Gasteiger partial charge on any atom is 3.00 e. The Morgan fingerprint density at radius 3 is 1.38 bits per heavy atom. The molecule has 1 radical (unpaired) electrons. The van der Waals surface area contributed by atoms with E-state index >= 15 is 0 Å². The normalized spacial score (nSPS) is 3.12. The van der Waals surface area contributed by atoms with Crippen molar-refractivity contribution in [2.45, 2.75) is 0 Å². The molecule has 8 heavy (non-hydrogen) atoms. The van der Waals surface area contributed by atoms with Gasteiger partial charge in [-0.15, -0.1) is 6.58 Å². The summed E-state index contributed by atoms with van der Waals surface area (Å²) < 4.78 is 0. The molecule has 0 atom stereocenters. The van der Waals surface area contributed by atoms with E-state index in [0.717, 1.165) is 0 Å². The fourth-order valence-corrected chi connectivity index (χ4v) is 0. The Labute approximate surface area is 78.6 Å². The quantitative estimate of drug-likeness (QED) is 0.344. The molecule has 1 nitrogen and oxygen atoms in total. The van der Waals surface area contributed by atoms with Gasteiger partial charge in [-0.2, -0.15) is 0 Å². The summed E-state index contributed by atoms with van der Waals surface area (Å²) in [5.41, 5.74) is 0. The summed E-state index contributed by atoms with van der Waals surface area (Å²) in [6.07, 6.45) is 1.43. The van der Waals surface area contributed by atoms with Crippen LogP contribution in [0.5, 0.6) is 0 Å². The molecule has 0 rings (SSSR count). The van der Waals surface area contributed by atoms with Gasteiger partial charge in [0.1, 0.15) is 0 Å². The van der Waals surface area contributed by atoms with Gasteiger partial charge < -0.3 is 42.3 Å². The van der Waals surface area contributed by atoms with Crippen LogP contribution in [0, 0.1) is 0 Å². The fourth-order valence-electron chi connectivity index (χ4n) is 0. The van der Waals surface area contributed by atoms with E-state index in [0.29, 0.717) is 0 Å². The summed E-state index contributed by atoms with van der Waals surface area (Å²) in [5, 5.41) is 7.76. The van der Waals surface area contributed by atoms with Gasteiger partial charge in [0.2, 0.25) is 0 Å². The Balaban J connectivity index is -0.00000000750. The first-order chi connectivity index (χ1) is 1.91. The average molecular weight is 220 g/mol. The SMILES string of the molecule is C=CCO.[Cl-].[Cl-].[Cl-].[Fe+3]. The van der Waals surface area contributed by atoms with Gasteiger partial charge in [0.25, 0.3) is 0 Å². The first-order valence-electron chi connectivity index (χ1n) is 1.13. The summed E-state index contributed by atoms with van der Waals surface area (Å²) in [6, 6.07) is 0. The van der Waals surface area contributed by atoms with Gasteiger partial charge in [0.15, 0.2) is 0 Å². The Bertz CT molecular complexity index is 28.5. The zero-order valence-corrected chi connectivity index (χ0v) is 7.30. The van der Waals surface area contributed by atoms with Crippen molar-refractivity contribution in [3.05, 3.63) is 12.7 Å². The summed E-state index contributed by atoms with van der Waals surface area (Å²) in [4.78, 5) is 0. The third-order valence-electron chi connectivity index (χ3n) is 0.129. The molecule has 0 aromatic heterocycles. The minimum Gasteiger partial charge on any atom is -1.00 e. The van der Waals surface area contributed by atoms with E-state index in [1.807, 2.05) is 0 Å². The van der Waals surface area contributed by atoms with E-state index in [-0.39, 0.29) is 60.9 Å². The molecule has 0 amide bonds. The van der Waals surface area contributed by atoms with Crippen molar-refractivity contribution >= 4 is 0 Å². The molecule has 0 bridgehead atoms. The summed E-state index contributed by atoms with van der Waals surface area (Å²) >= 11 is 0. The molecule has 53 valence electrons. The van der Waals surface area contributed by atoms with Gasteiger partial charge in [-0.25, -0.2) is 0 Å². The molecule has 0 aliphatic carbocycles. The maximum absolute atomic E-state index is 7.76. The summed E-state index contributed by atoms with van der Waals surface area (Å²) in [5.74, 6) is 0. The van der Waals surface area contributed by atoms with Crippen molar-refractivity contribution < 1.29 is 59.4 Å². The van der Waals surface area contributed by atoms with Crippen LogP contribution < -0.4 is 37.2 Å². The van der Waals surface area contributed by atoms with Crippen LogP contribution in [0.3, 0.4) is 0 Å². The molecular formula is C3H6Cl3FeO. The monoisotopic (exact) mass is 219 g/mol. The van der Waals surface area contributed by atoms with Crippen molar-refractivity contribution in [1.29, 1.82) is 0 Å². The van der Waals surface area contributed by atoms with Gasteiger partial charge in [-0.3, -0.25) is 0 Å². The van der Waals surface area contributed by atoms with E-state index in [1.165, 1.54) is 6.08 Å². The maximum atomic E-state index is 7.76. The van der Waals surface area contributed by atoms with E-state index in [1.54, 1.807) is 0 Å². The minimum atomic E-state index is 0. The van der Waals surface area contributed by atoms with Crippen LogP contribution in [-0.2, 0) is 17.1 Å². The van der Waals surface area contributed by atoms with Crippen LogP contribution in [0.2, 0.25) is 0 Å². The predicted octanol–water partition coefficient (Wildman–Crippen LogP) is -8.83. The molecule has 1 N–H and O–H groups in total. The van der Waals surface area contributed by atoms with Gasteiger partial charge in [0.05, 0.1) is 6.61 Å². The molecule has 0 spiro atoms. The topological polar surface area (TPSA) is 20.2 Å². The van der Waals surface area contributed by atoms with Crippen LogP contribution in [0.25, 0.3) is 0 Å². The predicted molar refractivity (Wildman–Crippen MR) is 17.3 cm³/mol. The van der Waals surface area contributed by atoms with Crippen molar-refractivity contribution in [3.63, 3.8) is 0 Å². The molecule has 0 saturated carbocycles. The summed E-state index contributed by atoms with van der Waals surface area (Å²) in [6.45, 7) is 3.31. The third kappa shape index (κ3) is 60.2. The Morgan fingerprint density at radius 1 is 1.25 bits per heavy atom. The first kappa shape index (κ1) is 35.6. The molecule has 0 fully saturated rings. The number of rotatable bonds is 1. The Kier molecular flexibility index (Phi) is 189. The van der Waals surface area contributed by atoms with E-state index in [4.69, 9.17) is 5.11 Å². The zero-order valence-electron chi connectivity index (χ0n) is 3.93. The van der Waals surface area contributed by atoms with Gasteiger partial charge >= 0.3 is 17.1 Å². The second-order valence-electron chi connectivity index (χ2n) is 0.471. The van der Waals surface area contributed by atoms with Crippen molar-refractivity contribution in [3.8, 4) is 0 Å². The van der Waals surface area contributed by atoms with Crippen LogP contribution in [0.15, 0.2) is 12.7 Å². The molecule has 0 unspecified atom stereocenters. The van der Waals surface area contributed by atoms with E-state index in [9.17, 15) is 0 Å². The molecule has 0 aliphatic rings. The number of hydrogen-bond donors (Lipinski definition) is 1. The molecule has 0 aromatic carbocycles. The van der Waals surface area contributed by atoms with Crippen LogP contribution in [-0.4, -0.2) is 11.7 Å². The van der Waals surface area contributed by atoms with Crippen molar-refractivity contribution in [1.82, 2.24) is 0 Å². The average Bonchev–Trinajstić information content (AvgIpc) is 1.37. The largest absolute Gasteiger partial charge is 3.00 e. The minimum absolute atomic E-state index is 0. The number of aliphatic hydroxyl groups is 1. The van der Waals surface area contributed by atoms with Crippen LogP contribution in [0.4, 0.5) is 0 Å². The molecule has 0 heterocycles. The Hall–Kier alpha value is 1.09. The molecule has 0 saturated heterocycles. The van der Waals surface area contributed by atoms with E-state index < -0.39 is 0 Å². The molecule has 0 aromatic rings. The van der Waals surface area contributed by atoms with E-state index in [2.05, 4.69) is 6.58 Å². The van der Waals surface area contributed by atoms with Gasteiger partial charge in [-0.1, -0.05) is 6.08 Å². The number of halogens is 3. The van der Waals surface area contributed by atoms with Gasteiger partial charge in [-0.05, 0) is 0 Å². The second kappa shape index (κ2) is 42.6. The second-order valence-corrected chi connectivity index (χ2v) is 0.471. The van der Waals surface area contributed by atoms with Crippen LogP contribution >= 0.6 is 0 Å². The van der Waals surface area contributed by atoms with Crippen LogP contribution in [0.1, 0.15) is 0 Å². The molecule has 5 heteroatoms. The van der Waals surface area contributed by atoms with Gasteiger partial charge in [0, 0.05) is 0 Å². The third-order valence-corrected chi connectivity index (χ3v) is 0.129. The van der Waals surface area contributed by atoms with Crippen molar-refractivity contribution in [2.24, 2.45) is 0 Å². The smallest absolute Gasteiger partial charge is 1.00 e. The summed E-state index contributed by atoms with van der Waals surface area (Å²) in [7, 11) is 0. The number of aliphatic hydroxyl groups excluding tert-OH is 1. The molecular weight excluding hydrogens is 214 g/mol. The standard InChI is InChI=1S/C3H6O.3ClH.Fe/c1-2-3-4;;;;/h2,4H,1,3H2;3*1H;/q;;;;+3/p-3. The number of hydrogen-bond acceptors (Lipinski definition) is 1. The molecule has 0 aliphatic heterocycles. The fraction of sp³-hybridized carbons (Fsp3) is 0.333. The zero-order chi connectivity index (χ0) is 3.41. The Morgan fingerprint density at radius 2 is 1.38 bits per heavy atom. The van der Waals surface area contributed by atoms with Crippen molar-refractivity contribution in [2.75, 3.05) is 6.61 Å². The first-order valence-corrected chi connectivity index (χ1v) is 1.13.